The van der Waals surface area contributed by atoms with Gasteiger partial charge < -0.3 is 14.2 Å². The molecule has 3 atom stereocenters. The number of benzene rings is 1. The standard InChI is InChI=1S/C19H24O6/c1-13(17(20)23-2)25-19(22)16-11-7-6-10-15(16)18(21)24-12-14-8-4-3-5-9-14/h3-5,8-9,13,15-16H,6-7,10-12H2,1-2H3/t13?,15-,16+/m0/s1. The summed E-state index contributed by atoms with van der Waals surface area (Å²) in [6.45, 7) is 1.63. The van der Waals surface area contributed by atoms with Crippen molar-refractivity contribution in [1.29, 1.82) is 0 Å². The first-order valence-electron chi connectivity index (χ1n) is 8.51. The van der Waals surface area contributed by atoms with Gasteiger partial charge in [0.2, 0.25) is 0 Å². The Morgan fingerprint density at radius 2 is 1.64 bits per heavy atom. The zero-order valence-corrected chi connectivity index (χ0v) is 14.6. The molecule has 2 rings (SSSR count). The Hall–Kier alpha value is -2.37. The maximum atomic E-state index is 12.4. The molecular weight excluding hydrogens is 324 g/mol. The van der Waals surface area contributed by atoms with Crippen molar-refractivity contribution >= 4 is 17.9 Å². The van der Waals surface area contributed by atoms with E-state index in [1.165, 1.54) is 14.0 Å². The van der Waals surface area contributed by atoms with Gasteiger partial charge >= 0.3 is 17.9 Å². The van der Waals surface area contributed by atoms with Gasteiger partial charge in [0.1, 0.15) is 6.61 Å². The third kappa shape index (κ3) is 5.31. The van der Waals surface area contributed by atoms with Gasteiger partial charge in [0, 0.05) is 0 Å². The molecule has 6 nitrogen and oxygen atoms in total. The minimum Gasteiger partial charge on any atom is -0.466 e. The van der Waals surface area contributed by atoms with Gasteiger partial charge in [-0.15, -0.1) is 0 Å². The molecule has 6 heteroatoms. The van der Waals surface area contributed by atoms with E-state index in [2.05, 4.69) is 4.74 Å². The third-order valence-corrected chi connectivity index (χ3v) is 4.42. The molecule has 0 bridgehead atoms. The first kappa shape index (κ1) is 19.0. The van der Waals surface area contributed by atoms with Gasteiger partial charge in [-0.1, -0.05) is 43.2 Å². The van der Waals surface area contributed by atoms with E-state index in [1.807, 2.05) is 30.3 Å². The molecule has 1 aliphatic rings. The summed E-state index contributed by atoms with van der Waals surface area (Å²) in [6.07, 6.45) is 1.86. The zero-order valence-electron chi connectivity index (χ0n) is 14.6. The number of methoxy groups -OCH3 is 1. The lowest BCUT2D eigenvalue weighted by Gasteiger charge is -2.29. The van der Waals surface area contributed by atoms with Gasteiger partial charge in [0.05, 0.1) is 18.9 Å². The Bertz CT molecular complexity index is 597. The van der Waals surface area contributed by atoms with Crippen molar-refractivity contribution in [2.45, 2.75) is 45.3 Å². The lowest BCUT2D eigenvalue weighted by atomic mass is 9.79. The van der Waals surface area contributed by atoms with Crippen LogP contribution in [0.5, 0.6) is 0 Å². The number of rotatable bonds is 6. The van der Waals surface area contributed by atoms with E-state index in [4.69, 9.17) is 9.47 Å². The molecule has 0 radical (unpaired) electrons. The van der Waals surface area contributed by atoms with Gasteiger partial charge in [0.15, 0.2) is 6.10 Å². The summed E-state index contributed by atoms with van der Waals surface area (Å²) in [6, 6.07) is 9.38. The molecule has 0 aromatic heterocycles. The first-order valence-corrected chi connectivity index (χ1v) is 8.51. The summed E-state index contributed by atoms with van der Waals surface area (Å²) in [7, 11) is 1.23. The molecule has 0 saturated heterocycles. The quantitative estimate of drug-likeness (QED) is 0.581. The second-order valence-corrected chi connectivity index (χ2v) is 6.19. The molecule has 0 aliphatic heterocycles. The van der Waals surface area contributed by atoms with Crippen LogP contribution < -0.4 is 0 Å². The number of hydrogen-bond donors (Lipinski definition) is 0. The largest absolute Gasteiger partial charge is 0.466 e. The topological polar surface area (TPSA) is 78.9 Å². The molecule has 0 N–H and O–H groups in total. The molecule has 25 heavy (non-hydrogen) atoms. The van der Waals surface area contributed by atoms with Crippen LogP contribution in [-0.2, 0) is 35.2 Å². The smallest absolute Gasteiger partial charge is 0.346 e. The van der Waals surface area contributed by atoms with Gasteiger partial charge in [-0.2, -0.15) is 0 Å². The molecule has 1 unspecified atom stereocenters. The molecule has 1 aromatic carbocycles. The Morgan fingerprint density at radius 3 is 2.24 bits per heavy atom. The lowest BCUT2D eigenvalue weighted by molar-refractivity contribution is -0.173. The molecule has 136 valence electrons. The van der Waals surface area contributed by atoms with Crippen LogP contribution in [0.2, 0.25) is 0 Å². The van der Waals surface area contributed by atoms with Crippen molar-refractivity contribution in [3.8, 4) is 0 Å². The van der Waals surface area contributed by atoms with E-state index in [0.717, 1.165) is 18.4 Å². The molecule has 1 saturated carbocycles. The van der Waals surface area contributed by atoms with Crippen LogP contribution in [-0.4, -0.2) is 31.1 Å². The van der Waals surface area contributed by atoms with Crippen LogP contribution in [0.4, 0.5) is 0 Å². The molecule has 0 heterocycles. The summed E-state index contributed by atoms with van der Waals surface area (Å²) in [5.41, 5.74) is 0.894. The third-order valence-electron chi connectivity index (χ3n) is 4.42. The van der Waals surface area contributed by atoms with E-state index in [1.54, 1.807) is 0 Å². The maximum absolute atomic E-state index is 12.4. The van der Waals surface area contributed by atoms with Crippen LogP contribution in [0, 0.1) is 11.8 Å². The van der Waals surface area contributed by atoms with E-state index < -0.39 is 35.8 Å². The molecule has 1 fully saturated rings. The molecule has 0 amide bonds. The van der Waals surface area contributed by atoms with Crippen molar-refractivity contribution in [3.05, 3.63) is 35.9 Å². The summed E-state index contributed by atoms with van der Waals surface area (Å²) in [4.78, 5) is 36.2. The van der Waals surface area contributed by atoms with Crippen molar-refractivity contribution in [2.24, 2.45) is 11.8 Å². The van der Waals surface area contributed by atoms with E-state index >= 15 is 0 Å². The van der Waals surface area contributed by atoms with Gasteiger partial charge in [-0.3, -0.25) is 9.59 Å². The van der Waals surface area contributed by atoms with Crippen molar-refractivity contribution < 1.29 is 28.6 Å². The molecule has 1 aromatic rings. The minimum absolute atomic E-state index is 0.177. The van der Waals surface area contributed by atoms with Crippen molar-refractivity contribution in [3.63, 3.8) is 0 Å². The number of esters is 3. The highest BCUT2D eigenvalue weighted by Gasteiger charge is 2.39. The monoisotopic (exact) mass is 348 g/mol. The second-order valence-electron chi connectivity index (χ2n) is 6.19. The second kappa shape index (κ2) is 9.20. The average Bonchev–Trinajstić information content (AvgIpc) is 2.66. The zero-order chi connectivity index (χ0) is 18.2. The Kier molecular flexibility index (Phi) is 6.98. The Labute approximate surface area is 147 Å². The number of carbonyl (C=O) groups excluding carboxylic acids is 3. The van der Waals surface area contributed by atoms with E-state index in [0.29, 0.717) is 12.8 Å². The maximum Gasteiger partial charge on any atom is 0.346 e. The number of hydrogen-bond acceptors (Lipinski definition) is 6. The fraction of sp³-hybridized carbons (Fsp3) is 0.526. The van der Waals surface area contributed by atoms with Crippen LogP contribution in [0.25, 0.3) is 0 Å². The molecule has 0 spiro atoms. The fourth-order valence-corrected chi connectivity index (χ4v) is 3.01. The average molecular weight is 348 g/mol. The summed E-state index contributed by atoms with van der Waals surface area (Å²) >= 11 is 0. The highest BCUT2D eigenvalue weighted by molar-refractivity contribution is 5.84. The Morgan fingerprint density at radius 1 is 1.04 bits per heavy atom. The van der Waals surface area contributed by atoms with Crippen LogP contribution in [0.3, 0.4) is 0 Å². The summed E-state index contributed by atoms with van der Waals surface area (Å²) in [5.74, 6) is -2.67. The summed E-state index contributed by atoms with van der Waals surface area (Å²) < 4.78 is 15.1. The number of carbonyl (C=O) groups is 3. The van der Waals surface area contributed by atoms with Crippen LogP contribution in [0.1, 0.15) is 38.2 Å². The predicted octanol–water partition coefficient (Wildman–Crippen LogP) is 2.64. The fourth-order valence-electron chi connectivity index (χ4n) is 3.01. The van der Waals surface area contributed by atoms with E-state index in [9.17, 15) is 14.4 Å². The van der Waals surface area contributed by atoms with Crippen molar-refractivity contribution in [2.75, 3.05) is 7.11 Å². The Balaban J connectivity index is 1.95. The van der Waals surface area contributed by atoms with E-state index in [-0.39, 0.29) is 6.61 Å². The normalized spacial score (nSPS) is 21.0. The highest BCUT2D eigenvalue weighted by Crippen LogP contribution is 2.32. The SMILES string of the molecule is COC(=O)C(C)OC(=O)[C@@H]1CCCC[C@@H]1C(=O)OCc1ccccc1. The molecular formula is C19H24O6. The van der Waals surface area contributed by atoms with Gasteiger partial charge in [-0.25, -0.2) is 4.79 Å². The van der Waals surface area contributed by atoms with Crippen LogP contribution in [0.15, 0.2) is 30.3 Å². The van der Waals surface area contributed by atoms with Gasteiger partial charge in [-0.05, 0) is 25.3 Å². The summed E-state index contributed by atoms with van der Waals surface area (Å²) in [5, 5.41) is 0. The highest BCUT2D eigenvalue weighted by atomic mass is 16.6. The van der Waals surface area contributed by atoms with Crippen LogP contribution >= 0.6 is 0 Å². The first-order chi connectivity index (χ1) is 12.0. The number of ether oxygens (including phenoxy) is 3. The molecule has 1 aliphatic carbocycles. The predicted molar refractivity (Wildman–Crippen MR) is 89.3 cm³/mol. The minimum atomic E-state index is -0.986. The lowest BCUT2D eigenvalue weighted by Crippen LogP contribution is -2.37. The van der Waals surface area contributed by atoms with Crippen molar-refractivity contribution in [1.82, 2.24) is 0 Å². The van der Waals surface area contributed by atoms with Gasteiger partial charge in [0.25, 0.3) is 0 Å².